The Labute approximate surface area is 135 Å². The number of aromatic nitrogens is 4. The molecule has 124 valence electrons. The zero-order chi connectivity index (χ0) is 17.1. The molecular weight excluding hydrogens is 317 g/mol. The van der Waals surface area contributed by atoms with Gasteiger partial charge < -0.3 is 10.4 Å². The van der Waals surface area contributed by atoms with Gasteiger partial charge in [-0.1, -0.05) is 12.1 Å². The number of benzene rings is 1. The molecule has 0 saturated heterocycles. The summed E-state index contributed by atoms with van der Waals surface area (Å²) < 4.78 is 16.0. The second kappa shape index (κ2) is 6.59. The maximum absolute atomic E-state index is 13.5. The summed E-state index contributed by atoms with van der Waals surface area (Å²) in [6.45, 7) is -0.221. The Morgan fingerprint density at radius 2 is 2.12 bits per heavy atom. The number of para-hydroxylation sites is 1. The number of aliphatic hydroxyl groups is 1. The number of nitrogens with zero attached hydrogens (tertiary/aromatic N) is 4. The standard InChI is InChI=1S/C15H14FN5O3/c16-11-3-1-2-4-12(11)19-13(23)8-20-9-17-14-10(15(20)24)7-18-21(14)5-6-22/h1-4,7,9,22H,5-6,8H2,(H,19,23). The molecule has 2 N–H and O–H groups in total. The fourth-order valence-corrected chi connectivity index (χ4v) is 2.28. The smallest absolute Gasteiger partial charge is 0.264 e. The molecule has 3 rings (SSSR count). The predicted octanol–water partition coefficient (Wildman–Crippen LogP) is 0.363. The van der Waals surface area contributed by atoms with E-state index in [4.69, 9.17) is 5.11 Å². The van der Waals surface area contributed by atoms with Crippen LogP contribution in [0.5, 0.6) is 0 Å². The second-order valence-corrected chi connectivity index (χ2v) is 5.03. The monoisotopic (exact) mass is 331 g/mol. The number of anilines is 1. The first kappa shape index (κ1) is 15.8. The molecule has 0 atom stereocenters. The average molecular weight is 331 g/mol. The largest absolute Gasteiger partial charge is 0.394 e. The first-order valence-electron chi connectivity index (χ1n) is 7.16. The molecule has 2 heterocycles. The Balaban J connectivity index is 1.83. The first-order chi connectivity index (χ1) is 11.6. The van der Waals surface area contributed by atoms with Gasteiger partial charge >= 0.3 is 0 Å². The van der Waals surface area contributed by atoms with E-state index in [1.165, 1.54) is 35.4 Å². The molecule has 3 aromatic rings. The summed E-state index contributed by atoms with van der Waals surface area (Å²) >= 11 is 0. The molecule has 24 heavy (non-hydrogen) atoms. The summed E-state index contributed by atoms with van der Waals surface area (Å²) in [6, 6.07) is 5.76. The van der Waals surface area contributed by atoms with Crippen molar-refractivity contribution < 1.29 is 14.3 Å². The molecule has 0 fully saturated rings. The Morgan fingerprint density at radius 3 is 2.88 bits per heavy atom. The zero-order valence-corrected chi connectivity index (χ0v) is 12.5. The van der Waals surface area contributed by atoms with Crippen LogP contribution in [0, 0.1) is 5.82 Å². The first-order valence-corrected chi connectivity index (χ1v) is 7.16. The molecule has 0 aliphatic heterocycles. The number of carbonyl (C=O) groups is 1. The van der Waals surface area contributed by atoms with Crippen LogP contribution in [0.4, 0.5) is 10.1 Å². The van der Waals surface area contributed by atoms with Gasteiger partial charge in [-0.25, -0.2) is 14.1 Å². The van der Waals surface area contributed by atoms with Crippen LogP contribution >= 0.6 is 0 Å². The van der Waals surface area contributed by atoms with Gasteiger partial charge in [0.1, 0.15) is 24.1 Å². The lowest BCUT2D eigenvalue weighted by Crippen LogP contribution is -2.28. The summed E-state index contributed by atoms with van der Waals surface area (Å²) in [4.78, 5) is 28.5. The highest BCUT2D eigenvalue weighted by Gasteiger charge is 2.13. The Hall–Kier alpha value is -3.07. The zero-order valence-electron chi connectivity index (χ0n) is 12.5. The van der Waals surface area contributed by atoms with Gasteiger partial charge in [-0.15, -0.1) is 0 Å². The van der Waals surface area contributed by atoms with E-state index in [1.807, 2.05) is 0 Å². The maximum atomic E-state index is 13.5. The number of hydrogen-bond acceptors (Lipinski definition) is 5. The molecule has 8 nitrogen and oxygen atoms in total. The van der Waals surface area contributed by atoms with E-state index in [0.717, 1.165) is 4.57 Å². The van der Waals surface area contributed by atoms with Crippen molar-refractivity contribution in [2.24, 2.45) is 0 Å². The summed E-state index contributed by atoms with van der Waals surface area (Å²) in [6.07, 6.45) is 2.56. The number of hydrogen-bond donors (Lipinski definition) is 2. The Kier molecular flexibility index (Phi) is 4.34. The van der Waals surface area contributed by atoms with Gasteiger partial charge in [0.15, 0.2) is 5.65 Å². The fourth-order valence-electron chi connectivity index (χ4n) is 2.28. The van der Waals surface area contributed by atoms with Crippen LogP contribution in [0.25, 0.3) is 11.0 Å². The third-order valence-electron chi connectivity index (χ3n) is 3.40. The minimum Gasteiger partial charge on any atom is -0.394 e. The van der Waals surface area contributed by atoms with Gasteiger partial charge in [0.25, 0.3) is 5.56 Å². The highest BCUT2D eigenvalue weighted by molar-refractivity contribution is 5.90. The molecule has 0 spiro atoms. The number of aliphatic hydroxyl groups excluding tert-OH is 1. The minimum atomic E-state index is -0.558. The van der Waals surface area contributed by atoms with E-state index >= 15 is 0 Å². The third-order valence-corrected chi connectivity index (χ3v) is 3.40. The van der Waals surface area contributed by atoms with Gasteiger partial charge in [0.05, 0.1) is 25.0 Å². The van der Waals surface area contributed by atoms with Crippen molar-refractivity contribution in [1.29, 1.82) is 0 Å². The molecule has 2 aromatic heterocycles. The number of rotatable bonds is 5. The van der Waals surface area contributed by atoms with E-state index in [-0.39, 0.29) is 30.8 Å². The van der Waals surface area contributed by atoms with Crippen LogP contribution in [0.2, 0.25) is 0 Å². The van der Waals surface area contributed by atoms with Crippen molar-refractivity contribution in [2.75, 3.05) is 11.9 Å². The van der Waals surface area contributed by atoms with Crippen LogP contribution in [-0.2, 0) is 17.9 Å². The van der Waals surface area contributed by atoms with Crippen molar-refractivity contribution in [3.63, 3.8) is 0 Å². The molecule has 0 unspecified atom stereocenters. The predicted molar refractivity (Wildman–Crippen MR) is 83.9 cm³/mol. The topological polar surface area (TPSA) is 102 Å². The number of fused-ring (bicyclic) bond motifs is 1. The molecule has 9 heteroatoms. The maximum Gasteiger partial charge on any atom is 0.264 e. The van der Waals surface area contributed by atoms with Crippen molar-refractivity contribution in [2.45, 2.75) is 13.1 Å². The van der Waals surface area contributed by atoms with Gasteiger partial charge in [-0.2, -0.15) is 5.10 Å². The summed E-state index contributed by atoms with van der Waals surface area (Å²) in [5.41, 5.74) is -0.0620. The molecule has 1 aromatic carbocycles. The molecule has 0 radical (unpaired) electrons. The average Bonchev–Trinajstić information content (AvgIpc) is 2.97. The molecule has 0 bridgehead atoms. The molecule has 1 amide bonds. The highest BCUT2D eigenvalue weighted by atomic mass is 19.1. The van der Waals surface area contributed by atoms with E-state index in [2.05, 4.69) is 15.4 Å². The van der Waals surface area contributed by atoms with Gasteiger partial charge in [-0.3, -0.25) is 14.2 Å². The quantitative estimate of drug-likeness (QED) is 0.703. The van der Waals surface area contributed by atoms with E-state index in [1.54, 1.807) is 6.07 Å². The normalized spacial score (nSPS) is 10.9. The number of halogens is 1. The Morgan fingerprint density at radius 1 is 1.33 bits per heavy atom. The molecule has 0 aliphatic rings. The van der Waals surface area contributed by atoms with Crippen molar-refractivity contribution in [3.8, 4) is 0 Å². The summed E-state index contributed by atoms with van der Waals surface area (Å²) in [5.74, 6) is -1.11. The number of nitrogens with one attached hydrogen (secondary N) is 1. The van der Waals surface area contributed by atoms with Crippen molar-refractivity contribution in [1.82, 2.24) is 19.3 Å². The van der Waals surface area contributed by atoms with E-state index in [0.29, 0.717) is 5.65 Å². The lowest BCUT2D eigenvalue weighted by atomic mass is 10.3. The van der Waals surface area contributed by atoms with Gasteiger partial charge in [-0.05, 0) is 12.1 Å². The molecule has 0 saturated carbocycles. The van der Waals surface area contributed by atoms with E-state index in [9.17, 15) is 14.0 Å². The molecule has 0 aliphatic carbocycles. The SMILES string of the molecule is O=C(Cn1cnc2c(cnn2CCO)c1=O)Nc1ccccc1F. The minimum absolute atomic E-state index is 0.0420. The lowest BCUT2D eigenvalue weighted by Gasteiger charge is -2.08. The van der Waals surface area contributed by atoms with Crippen molar-refractivity contribution in [3.05, 3.63) is 53.0 Å². The van der Waals surface area contributed by atoms with Crippen LogP contribution in [0.1, 0.15) is 0 Å². The lowest BCUT2D eigenvalue weighted by molar-refractivity contribution is -0.116. The second-order valence-electron chi connectivity index (χ2n) is 5.03. The molecular formula is C15H14FN5O3. The number of amides is 1. The van der Waals surface area contributed by atoms with Crippen LogP contribution in [0.15, 0.2) is 41.6 Å². The van der Waals surface area contributed by atoms with Crippen LogP contribution < -0.4 is 10.9 Å². The highest BCUT2D eigenvalue weighted by Crippen LogP contribution is 2.12. The third kappa shape index (κ3) is 3.01. The van der Waals surface area contributed by atoms with Crippen LogP contribution in [0.3, 0.4) is 0 Å². The van der Waals surface area contributed by atoms with Crippen molar-refractivity contribution >= 4 is 22.6 Å². The van der Waals surface area contributed by atoms with Crippen LogP contribution in [-0.4, -0.2) is 37.0 Å². The summed E-state index contributed by atoms with van der Waals surface area (Å²) in [5, 5.41) is 15.6. The Bertz CT molecular complexity index is 950. The summed E-state index contributed by atoms with van der Waals surface area (Å²) in [7, 11) is 0. The van der Waals surface area contributed by atoms with Gasteiger partial charge in [0.2, 0.25) is 5.91 Å². The van der Waals surface area contributed by atoms with Gasteiger partial charge in [0, 0.05) is 0 Å². The van der Waals surface area contributed by atoms with E-state index < -0.39 is 17.3 Å². The number of carbonyl (C=O) groups excluding carboxylic acids is 1. The fraction of sp³-hybridized carbons (Fsp3) is 0.200.